The van der Waals surface area contributed by atoms with Crippen LogP contribution < -0.4 is 5.32 Å². The fourth-order valence-electron chi connectivity index (χ4n) is 5.23. The summed E-state index contributed by atoms with van der Waals surface area (Å²) in [5, 5.41) is 7.54. The summed E-state index contributed by atoms with van der Waals surface area (Å²) < 4.78 is 1.85. The molecule has 0 radical (unpaired) electrons. The van der Waals surface area contributed by atoms with Crippen molar-refractivity contribution in [2.75, 3.05) is 19.6 Å². The highest BCUT2D eigenvalue weighted by Gasteiger charge is 2.26. The van der Waals surface area contributed by atoms with Gasteiger partial charge in [-0.2, -0.15) is 5.10 Å². The molecule has 0 bridgehead atoms. The van der Waals surface area contributed by atoms with Gasteiger partial charge in [0.15, 0.2) is 0 Å². The molecule has 1 aliphatic heterocycles. The normalized spacial score (nSPS) is 16.8. The van der Waals surface area contributed by atoms with Gasteiger partial charge in [-0.15, -0.1) is 0 Å². The molecular formula is C31H35N5O. The van der Waals surface area contributed by atoms with Crippen LogP contribution in [-0.2, 0) is 24.3 Å². The predicted octanol–water partition coefficient (Wildman–Crippen LogP) is 4.83. The minimum Gasteiger partial charge on any atom is -0.355 e. The van der Waals surface area contributed by atoms with E-state index in [0.717, 1.165) is 45.4 Å². The van der Waals surface area contributed by atoms with Gasteiger partial charge in [0.2, 0.25) is 5.91 Å². The minimum atomic E-state index is 0.0288. The summed E-state index contributed by atoms with van der Waals surface area (Å²) in [6.45, 7) is 4.07. The molecule has 6 heteroatoms. The van der Waals surface area contributed by atoms with E-state index in [9.17, 15) is 4.79 Å². The summed E-state index contributed by atoms with van der Waals surface area (Å²) >= 11 is 0. The van der Waals surface area contributed by atoms with Crippen LogP contribution in [0.3, 0.4) is 0 Å². The van der Waals surface area contributed by atoms with Crippen LogP contribution in [0.5, 0.6) is 0 Å². The van der Waals surface area contributed by atoms with Crippen molar-refractivity contribution in [1.82, 2.24) is 25.0 Å². The molecule has 5 rings (SSSR count). The summed E-state index contributed by atoms with van der Waals surface area (Å²) in [7, 11) is 0. The largest absolute Gasteiger partial charge is 0.355 e. The fourth-order valence-corrected chi connectivity index (χ4v) is 5.23. The van der Waals surface area contributed by atoms with E-state index >= 15 is 0 Å². The van der Waals surface area contributed by atoms with E-state index in [2.05, 4.69) is 93.1 Å². The number of nitrogens with zero attached hydrogens (tertiary/aromatic N) is 4. The van der Waals surface area contributed by atoms with Crippen LogP contribution in [0, 0.1) is 11.8 Å². The summed E-state index contributed by atoms with van der Waals surface area (Å²) in [5.74, 6) is 0.442. The highest BCUT2D eigenvalue weighted by atomic mass is 16.1. The Balaban J connectivity index is 1.14. The lowest BCUT2D eigenvalue weighted by Gasteiger charge is -2.32. The predicted molar refractivity (Wildman–Crippen MR) is 147 cm³/mol. The second-order valence-electron chi connectivity index (χ2n) is 10.1. The van der Waals surface area contributed by atoms with Crippen molar-refractivity contribution >= 4 is 5.91 Å². The molecule has 37 heavy (non-hydrogen) atoms. The maximum absolute atomic E-state index is 13.2. The van der Waals surface area contributed by atoms with E-state index in [1.54, 1.807) is 12.7 Å². The van der Waals surface area contributed by atoms with Gasteiger partial charge in [-0.05, 0) is 54.0 Å². The number of nitrogens with one attached hydrogen (secondary N) is 1. The number of piperidine rings is 1. The molecule has 1 aromatic heterocycles. The summed E-state index contributed by atoms with van der Waals surface area (Å²) in [5.41, 5.74) is 5.02. The SMILES string of the molecule is O=C(NCC(Cc1ccccc1)Cn1cncn1)C1CCCN(Cc2ccc(-c3ccccc3)cc2)C1. The zero-order valence-corrected chi connectivity index (χ0v) is 21.2. The topological polar surface area (TPSA) is 63.1 Å². The maximum atomic E-state index is 13.2. The second-order valence-corrected chi connectivity index (χ2v) is 10.1. The van der Waals surface area contributed by atoms with Crippen molar-refractivity contribution in [3.63, 3.8) is 0 Å². The lowest BCUT2D eigenvalue weighted by molar-refractivity contribution is -0.127. The molecule has 1 aliphatic rings. The highest BCUT2D eigenvalue weighted by Crippen LogP contribution is 2.22. The summed E-state index contributed by atoms with van der Waals surface area (Å²) in [6, 6.07) is 29.7. The molecule has 1 fully saturated rings. The van der Waals surface area contributed by atoms with Crippen LogP contribution in [0.15, 0.2) is 97.6 Å². The molecule has 1 N–H and O–H groups in total. The van der Waals surface area contributed by atoms with E-state index in [0.29, 0.717) is 6.54 Å². The number of rotatable bonds is 10. The maximum Gasteiger partial charge on any atom is 0.224 e. The first-order valence-electron chi connectivity index (χ1n) is 13.2. The van der Waals surface area contributed by atoms with Gasteiger partial charge in [0.25, 0.3) is 0 Å². The average molecular weight is 494 g/mol. The lowest BCUT2D eigenvalue weighted by Crippen LogP contribution is -2.44. The second kappa shape index (κ2) is 12.5. The molecule has 6 nitrogen and oxygen atoms in total. The Labute approximate surface area is 219 Å². The number of carbonyl (C=O) groups excluding carboxylic acids is 1. The highest BCUT2D eigenvalue weighted by molar-refractivity contribution is 5.79. The van der Waals surface area contributed by atoms with Crippen LogP contribution in [0.2, 0.25) is 0 Å². The van der Waals surface area contributed by atoms with E-state index < -0.39 is 0 Å². The van der Waals surface area contributed by atoms with E-state index in [4.69, 9.17) is 0 Å². The lowest BCUT2D eigenvalue weighted by atomic mass is 9.95. The van der Waals surface area contributed by atoms with Gasteiger partial charge in [-0.1, -0.05) is 84.9 Å². The van der Waals surface area contributed by atoms with E-state index in [1.807, 2.05) is 16.8 Å². The van der Waals surface area contributed by atoms with Crippen LogP contribution in [0.4, 0.5) is 0 Å². The number of amides is 1. The molecule has 2 heterocycles. The Bertz CT molecular complexity index is 1230. The smallest absolute Gasteiger partial charge is 0.224 e. The molecule has 4 aromatic rings. The van der Waals surface area contributed by atoms with E-state index in [1.165, 1.54) is 22.3 Å². The van der Waals surface area contributed by atoms with Crippen molar-refractivity contribution in [3.8, 4) is 11.1 Å². The fraction of sp³-hybridized carbons (Fsp3) is 0.323. The van der Waals surface area contributed by atoms with Crippen LogP contribution in [-0.4, -0.2) is 45.2 Å². The molecule has 0 saturated carbocycles. The van der Waals surface area contributed by atoms with Crippen molar-refractivity contribution in [3.05, 3.63) is 109 Å². The Hall–Kier alpha value is -3.77. The van der Waals surface area contributed by atoms with Gasteiger partial charge in [-0.25, -0.2) is 4.98 Å². The average Bonchev–Trinajstić information content (AvgIpc) is 3.46. The summed E-state index contributed by atoms with van der Waals surface area (Å²) in [6.07, 6.45) is 6.18. The van der Waals surface area contributed by atoms with Crippen molar-refractivity contribution in [1.29, 1.82) is 0 Å². The molecular weight excluding hydrogens is 458 g/mol. The molecule has 1 saturated heterocycles. The van der Waals surface area contributed by atoms with Gasteiger partial charge in [0.05, 0.1) is 5.92 Å². The number of aromatic nitrogens is 3. The van der Waals surface area contributed by atoms with Gasteiger partial charge in [0, 0.05) is 26.2 Å². The van der Waals surface area contributed by atoms with Gasteiger partial charge < -0.3 is 5.32 Å². The number of hydrogen-bond donors (Lipinski definition) is 1. The first-order valence-corrected chi connectivity index (χ1v) is 13.2. The third kappa shape index (κ3) is 7.14. The molecule has 0 spiro atoms. The molecule has 0 aliphatic carbocycles. The Morgan fingerprint density at radius 2 is 1.65 bits per heavy atom. The van der Waals surface area contributed by atoms with Crippen molar-refractivity contribution in [2.24, 2.45) is 11.8 Å². The third-order valence-electron chi connectivity index (χ3n) is 7.19. The van der Waals surface area contributed by atoms with Gasteiger partial charge >= 0.3 is 0 Å². The Morgan fingerprint density at radius 3 is 2.38 bits per heavy atom. The quantitative estimate of drug-likeness (QED) is 0.344. The monoisotopic (exact) mass is 493 g/mol. The first kappa shape index (κ1) is 24.9. The molecule has 1 amide bonds. The number of hydrogen-bond acceptors (Lipinski definition) is 4. The number of carbonyl (C=O) groups is 1. The molecule has 3 aromatic carbocycles. The summed E-state index contributed by atoms with van der Waals surface area (Å²) in [4.78, 5) is 19.7. The van der Waals surface area contributed by atoms with Crippen LogP contribution >= 0.6 is 0 Å². The number of likely N-dealkylation sites (tertiary alicyclic amines) is 1. The standard InChI is InChI=1S/C31H35N5O/c37-31(33-19-27(21-36-24-32-23-34-36)18-25-8-3-1-4-9-25)30-12-7-17-35(22-30)20-26-13-15-29(16-14-26)28-10-5-2-6-11-28/h1-6,8-11,13-16,23-24,27,30H,7,12,17-22H2,(H,33,37). The van der Waals surface area contributed by atoms with Crippen LogP contribution in [0.1, 0.15) is 24.0 Å². The molecule has 190 valence electrons. The molecule has 2 atom stereocenters. The van der Waals surface area contributed by atoms with Crippen LogP contribution in [0.25, 0.3) is 11.1 Å². The van der Waals surface area contributed by atoms with Crippen molar-refractivity contribution in [2.45, 2.75) is 32.4 Å². The Kier molecular flexibility index (Phi) is 8.39. The molecule has 2 unspecified atom stereocenters. The third-order valence-corrected chi connectivity index (χ3v) is 7.19. The van der Waals surface area contributed by atoms with Crippen molar-refractivity contribution < 1.29 is 4.79 Å². The zero-order valence-electron chi connectivity index (χ0n) is 21.2. The zero-order chi connectivity index (χ0) is 25.3. The van der Waals surface area contributed by atoms with Gasteiger partial charge in [0.1, 0.15) is 12.7 Å². The van der Waals surface area contributed by atoms with Gasteiger partial charge in [-0.3, -0.25) is 14.4 Å². The first-order chi connectivity index (χ1) is 18.2. The minimum absolute atomic E-state index is 0.0288. The number of benzene rings is 3. The van der Waals surface area contributed by atoms with E-state index in [-0.39, 0.29) is 17.7 Å². The Morgan fingerprint density at radius 1 is 0.919 bits per heavy atom.